The Bertz CT molecular complexity index is 1610. The number of carbonyl (C=O) groups excluding carboxylic acids is 3. The van der Waals surface area contributed by atoms with Crippen LogP contribution in [0.1, 0.15) is 201 Å². The maximum atomic E-state index is 12.8. The molecule has 0 aromatic carbocycles. The summed E-state index contributed by atoms with van der Waals surface area (Å²) in [4.78, 5) is 38.1. The smallest absolute Gasteiger partial charge is 0.306 e. The quantitative estimate of drug-likeness (QED) is 0.0262. The van der Waals surface area contributed by atoms with Crippen molar-refractivity contribution < 1.29 is 28.6 Å². The van der Waals surface area contributed by atoms with E-state index in [-0.39, 0.29) is 38.0 Å². The predicted molar refractivity (Wildman–Crippen MR) is 297 cm³/mol. The van der Waals surface area contributed by atoms with Gasteiger partial charge in [-0.15, -0.1) is 0 Å². The van der Waals surface area contributed by atoms with Gasteiger partial charge in [-0.05, 0) is 141 Å². The Morgan fingerprint density at radius 2 is 0.580 bits per heavy atom. The molecule has 0 bridgehead atoms. The zero-order chi connectivity index (χ0) is 50.0. The third-order valence-corrected chi connectivity index (χ3v) is 10.5. The first-order valence-electron chi connectivity index (χ1n) is 27.0. The lowest BCUT2D eigenvalue weighted by atomic mass is 10.1. The number of ether oxygens (including phenoxy) is 3. The van der Waals surface area contributed by atoms with Crippen LogP contribution in [0.15, 0.2) is 158 Å². The third kappa shape index (κ3) is 53.8. The van der Waals surface area contributed by atoms with E-state index >= 15 is 0 Å². The Kier molecular flexibility index (Phi) is 51.6. The van der Waals surface area contributed by atoms with E-state index in [1.165, 1.54) is 25.7 Å². The Morgan fingerprint density at radius 3 is 0.928 bits per heavy atom. The highest BCUT2D eigenvalue weighted by Crippen LogP contribution is 2.10. The highest BCUT2D eigenvalue weighted by Gasteiger charge is 2.19. The van der Waals surface area contributed by atoms with Gasteiger partial charge in [-0.1, -0.05) is 198 Å². The molecular weight excluding hydrogens is 853 g/mol. The van der Waals surface area contributed by atoms with Crippen molar-refractivity contribution >= 4 is 17.9 Å². The maximum absolute atomic E-state index is 12.8. The van der Waals surface area contributed by atoms with E-state index in [0.717, 1.165) is 122 Å². The summed E-state index contributed by atoms with van der Waals surface area (Å²) < 4.78 is 16.7. The van der Waals surface area contributed by atoms with Gasteiger partial charge in [0.2, 0.25) is 0 Å². The lowest BCUT2D eigenvalue weighted by Gasteiger charge is -2.18. The molecule has 0 fully saturated rings. The molecule has 384 valence electrons. The van der Waals surface area contributed by atoms with Crippen LogP contribution < -0.4 is 0 Å². The van der Waals surface area contributed by atoms with E-state index in [9.17, 15) is 14.4 Å². The summed E-state index contributed by atoms with van der Waals surface area (Å²) in [7, 11) is 0. The normalized spacial score (nSPS) is 13.4. The van der Waals surface area contributed by atoms with Crippen molar-refractivity contribution in [3.05, 3.63) is 158 Å². The van der Waals surface area contributed by atoms with Gasteiger partial charge in [0.05, 0.1) is 0 Å². The average molecular weight is 949 g/mol. The molecule has 0 saturated heterocycles. The largest absolute Gasteiger partial charge is 0.462 e. The molecule has 0 aromatic heterocycles. The SMILES string of the molecule is CC/C=C\C/C=C\C/C=C\C/C=C\C/C=C\CCCC(=O)O[C@H](COC(=O)CCCC/C=C\C/C=C\C/C=C\C/C=C\CC)COC(=O)CCCCC/C=C\C/C=C\C/C=C\C/C=C\CCCCC. The van der Waals surface area contributed by atoms with Crippen molar-refractivity contribution in [3.63, 3.8) is 0 Å². The molecule has 0 aromatic rings. The molecule has 0 amide bonds. The van der Waals surface area contributed by atoms with Gasteiger partial charge in [0.1, 0.15) is 13.2 Å². The second-order valence-electron chi connectivity index (χ2n) is 17.0. The first-order chi connectivity index (χ1) is 34.0. The van der Waals surface area contributed by atoms with Crippen molar-refractivity contribution in [1.29, 1.82) is 0 Å². The van der Waals surface area contributed by atoms with Gasteiger partial charge >= 0.3 is 17.9 Å². The summed E-state index contributed by atoms with van der Waals surface area (Å²) in [6.07, 6.45) is 80.9. The molecule has 0 spiro atoms. The highest BCUT2D eigenvalue weighted by molar-refractivity contribution is 5.71. The number of esters is 3. The molecule has 6 heteroatoms. The minimum absolute atomic E-state index is 0.138. The summed E-state index contributed by atoms with van der Waals surface area (Å²) in [5.74, 6) is -1.08. The van der Waals surface area contributed by atoms with Gasteiger partial charge in [-0.2, -0.15) is 0 Å². The summed E-state index contributed by atoms with van der Waals surface area (Å²) >= 11 is 0. The minimum Gasteiger partial charge on any atom is -0.462 e. The van der Waals surface area contributed by atoms with Crippen LogP contribution in [-0.4, -0.2) is 37.2 Å². The van der Waals surface area contributed by atoms with Crippen LogP contribution in [0, 0.1) is 0 Å². The highest BCUT2D eigenvalue weighted by atomic mass is 16.6. The molecule has 0 rings (SSSR count). The summed E-state index contributed by atoms with van der Waals surface area (Å²) in [5, 5.41) is 0. The predicted octanol–water partition coefficient (Wildman–Crippen LogP) is 18.2. The van der Waals surface area contributed by atoms with Crippen LogP contribution in [-0.2, 0) is 28.6 Å². The maximum Gasteiger partial charge on any atom is 0.306 e. The molecule has 0 aliphatic heterocycles. The van der Waals surface area contributed by atoms with E-state index < -0.39 is 12.1 Å². The molecule has 0 saturated carbocycles. The van der Waals surface area contributed by atoms with Crippen LogP contribution in [0.4, 0.5) is 0 Å². The van der Waals surface area contributed by atoms with Gasteiger partial charge < -0.3 is 14.2 Å². The van der Waals surface area contributed by atoms with Crippen LogP contribution in [0.2, 0.25) is 0 Å². The van der Waals surface area contributed by atoms with Gasteiger partial charge in [0, 0.05) is 19.3 Å². The van der Waals surface area contributed by atoms with E-state index in [1.54, 1.807) is 0 Å². The van der Waals surface area contributed by atoms with Crippen molar-refractivity contribution in [2.45, 2.75) is 207 Å². The molecule has 0 aliphatic carbocycles. The fourth-order valence-electron chi connectivity index (χ4n) is 6.51. The van der Waals surface area contributed by atoms with E-state index in [4.69, 9.17) is 14.2 Å². The van der Waals surface area contributed by atoms with Gasteiger partial charge in [0.15, 0.2) is 6.10 Å². The molecule has 1 atom stereocenters. The molecule has 69 heavy (non-hydrogen) atoms. The van der Waals surface area contributed by atoms with E-state index in [0.29, 0.717) is 19.3 Å². The second kappa shape index (κ2) is 55.6. The minimum atomic E-state index is -0.846. The number of rotatable bonds is 46. The standard InChI is InChI=1S/C63H96O6/c1-4-7-10-13-16-19-22-25-28-30-31-33-35-38-41-44-47-50-53-56-62(65)68-59-60(58-67-61(64)55-52-49-46-43-40-37-34-27-24-21-18-15-12-9-6-3)69-63(66)57-54-51-48-45-42-39-36-32-29-26-23-20-17-14-11-8-5-2/h8-9,11-12,16-21,25-29,31,33-34,36,38-41,43,45,48,60H,4-7,10,13-15,22-24,30,32,35,37,42,44,46-47,49-59H2,1-3H3/b11-8-,12-9-,19-16-,20-17-,21-18-,28-25-,29-26-,33-31-,34-27-,39-36-,41-38-,43-40-,48-45-/t60-/m1/s1. The van der Waals surface area contributed by atoms with Crippen LogP contribution in [0.5, 0.6) is 0 Å². The fourth-order valence-corrected chi connectivity index (χ4v) is 6.51. The lowest BCUT2D eigenvalue weighted by Crippen LogP contribution is -2.30. The molecule has 0 radical (unpaired) electrons. The first kappa shape index (κ1) is 64.0. The summed E-state index contributed by atoms with van der Waals surface area (Å²) in [6, 6.07) is 0. The Balaban J connectivity index is 4.64. The Labute approximate surface area is 422 Å². The molecule has 0 unspecified atom stereocenters. The topological polar surface area (TPSA) is 78.9 Å². The summed E-state index contributed by atoms with van der Waals surface area (Å²) in [5.41, 5.74) is 0. The third-order valence-electron chi connectivity index (χ3n) is 10.5. The van der Waals surface area contributed by atoms with Crippen molar-refractivity contribution in [2.75, 3.05) is 13.2 Å². The number of hydrogen-bond donors (Lipinski definition) is 0. The zero-order valence-electron chi connectivity index (χ0n) is 43.8. The second-order valence-corrected chi connectivity index (χ2v) is 17.0. The van der Waals surface area contributed by atoms with Crippen molar-refractivity contribution in [2.24, 2.45) is 0 Å². The number of allylic oxidation sites excluding steroid dienone is 26. The molecule has 0 aliphatic rings. The molecule has 0 heterocycles. The van der Waals surface area contributed by atoms with E-state index in [1.807, 2.05) is 0 Å². The zero-order valence-corrected chi connectivity index (χ0v) is 43.8. The van der Waals surface area contributed by atoms with Gasteiger partial charge in [-0.25, -0.2) is 0 Å². The summed E-state index contributed by atoms with van der Waals surface area (Å²) in [6.45, 7) is 6.24. The van der Waals surface area contributed by atoms with Crippen LogP contribution >= 0.6 is 0 Å². The molecule has 0 N–H and O–H groups in total. The first-order valence-corrected chi connectivity index (χ1v) is 27.0. The fraction of sp³-hybridized carbons (Fsp3) is 0.540. The number of carbonyl (C=O) groups is 3. The van der Waals surface area contributed by atoms with Gasteiger partial charge in [-0.3, -0.25) is 14.4 Å². The van der Waals surface area contributed by atoms with Crippen LogP contribution in [0.3, 0.4) is 0 Å². The average Bonchev–Trinajstić information content (AvgIpc) is 3.35. The van der Waals surface area contributed by atoms with Crippen molar-refractivity contribution in [3.8, 4) is 0 Å². The lowest BCUT2D eigenvalue weighted by molar-refractivity contribution is -0.167. The Hall–Kier alpha value is -4.97. The monoisotopic (exact) mass is 949 g/mol. The van der Waals surface area contributed by atoms with Crippen molar-refractivity contribution in [1.82, 2.24) is 0 Å². The number of unbranched alkanes of at least 4 members (excludes halogenated alkanes) is 9. The van der Waals surface area contributed by atoms with E-state index in [2.05, 4.69) is 179 Å². The number of hydrogen-bond acceptors (Lipinski definition) is 6. The van der Waals surface area contributed by atoms with Gasteiger partial charge in [0.25, 0.3) is 0 Å². The Morgan fingerprint density at radius 1 is 0.304 bits per heavy atom. The van der Waals surface area contributed by atoms with Crippen LogP contribution in [0.25, 0.3) is 0 Å². The molecule has 6 nitrogen and oxygen atoms in total. The molecular formula is C63H96O6.